The van der Waals surface area contributed by atoms with Crippen LogP contribution in [-0.2, 0) is 9.59 Å². The molecule has 0 heterocycles. The van der Waals surface area contributed by atoms with E-state index in [1.807, 2.05) is 0 Å². The number of amides is 1. The first-order valence-corrected chi connectivity index (χ1v) is 6.28. The molecule has 0 radical (unpaired) electrons. The van der Waals surface area contributed by atoms with Gasteiger partial charge in [-0.2, -0.15) is 0 Å². The molecule has 1 saturated carbocycles. The molecule has 17 heavy (non-hydrogen) atoms. The summed E-state index contributed by atoms with van der Waals surface area (Å²) >= 11 is 0. The van der Waals surface area contributed by atoms with Crippen LogP contribution >= 0.6 is 0 Å². The van der Waals surface area contributed by atoms with E-state index in [1.165, 1.54) is 6.42 Å². The topological polar surface area (TPSA) is 92.4 Å². The molecule has 0 aliphatic heterocycles. The van der Waals surface area contributed by atoms with Crippen LogP contribution in [0.3, 0.4) is 0 Å². The summed E-state index contributed by atoms with van der Waals surface area (Å²) in [5.41, 5.74) is 5.71. The molecule has 1 aliphatic rings. The molecule has 1 amide bonds. The lowest BCUT2D eigenvalue weighted by Gasteiger charge is -2.33. The number of carbonyl (C=O) groups is 2. The van der Waals surface area contributed by atoms with Gasteiger partial charge in [-0.05, 0) is 19.3 Å². The van der Waals surface area contributed by atoms with E-state index in [2.05, 4.69) is 5.32 Å². The van der Waals surface area contributed by atoms with Gasteiger partial charge in [0, 0.05) is 12.0 Å². The van der Waals surface area contributed by atoms with Gasteiger partial charge in [-0.1, -0.05) is 26.2 Å². The van der Waals surface area contributed by atoms with E-state index in [-0.39, 0.29) is 12.3 Å². The SMILES string of the molecule is CC[C@@H](NC(=O)CC1(N)CCCCC1)C(=O)O. The second kappa shape index (κ2) is 6.00. The minimum Gasteiger partial charge on any atom is -0.480 e. The van der Waals surface area contributed by atoms with Crippen molar-refractivity contribution < 1.29 is 14.7 Å². The highest BCUT2D eigenvalue weighted by Crippen LogP contribution is 2.28. The molecular weight excluding hydrogens is 220 g/mol. The molecule has 98 valence electrons. The van der Waals surface area contributed by atoms with Gasteiger partial charge in [-0.15, -0.1) is 0 Å². The fourth-order valence-corrected chi connectivity index (χ4v) is 2.34. The molecule has 0 aromatic heterocycles. The summed E-state index contributed by atoms with van der Waals surface area (Å²) in [5, 5.41) is 11.4. The molecule has 0 spiro atoms. The van der Waals surface area contributed by atoms with Crippen molar-refractivity contribution in [1.82, 2.24) is 5.32 Å². The smallest absolute Gasteiger partial charge is 0.326 e. The van der Waals surface area contributed by atoms with Gasteiger partial charge >= 0.3 is 5.97 Å². The summed E-state index contributed by atoms with van der Waals surface area (Å²) < 4.78 is 0. The molecule has 5 heteroatoms. The molecule has 0 unspecified atom stereocenters. The van der Waals surface area contributed by atoms with Gasteiger partial charge in [-0.25, -0.2) is 4.79 Å². The minimum absolute atomic E-state index is 0.233. The van der Waals surface area contributed by atoms with Gasteiger partial charge in [0.15, 0.2) is 0 Å². The maximum atomic E-state index is 11.7. The predicted octanol–water partition coefficient (Wildman–Crippen LogP) is 1.02. The molecule has 1 rings (SSSR count). The highest BCUT2D eigenvalue weighted by atomic mass is 16.4. The molecule has 1 fully saturated rings. The van der Waals surface area contributed by atoms with E-state index in [0.717, 1.165) is 25.7 Å². The first-order valence-electron chi connectivity index (χ1n) is 6.28. The highest BCUT2D eigenvalue weighted by Gasteiger charge is 2.31. The fraction of sp³-hybridized carbons (Fsp3) is 0.833. The van der Waals surface area contributed by atoms with Crippen molar-refractivity contribution in [3.05, 3.63) is 0 Å². The molecule has 1 atom stereocenters. The summed E-state index contributed by atoms with van der Waals surface area (Å²) in [6, 6.07) is -0.797. The summed E-state index contributed by atoms with van der Waals surface area (Å²) in [6.07, 6.45) is 5.61. The average Bonchev–Trinajstić information content (AvgIpc) is 2.25. The number of carbonyl (C=O) groups excluding carboxylic acids is 1. The maximum Gasteiger partial charge on any atom is 0.326 e. The van der Waals surface area contributed by atoms with Gasteiger partial charge < -0.3 is 16.2 Å². The van der Waals surface area contributed by atoms with Crippen molar-refractivity contribution >= 4 is 11.9 Å². The molecule has 0 aromatic carbocycles. The van der Waals surface area contributed by atoms with Gasteiger partial charge in [0.2, 0.25) is 5.91 Å². The quantitative estimate of drug-likeness (QED) is 0.671. The number of hydrogen-bond donors (Lipinski definition) is 3. The van der Waals surface area contributed by atoms with Crippen LogP contribution in [0.5, 0.6) is 0 Å². The number of aliphatic carboxylic acids is 1. The lowest BCUT2D eigenvalue weighted by Crippen LogP contribution is -2.49. The van der Waals surface area contributed by atoms with Crippen LogP contribution in [0.15, 0.2) is 0 Å². The van der Waals surface area contributed by atoms with E-state index in [9.17, 15) is 9.59 Å². The Morgan fingerprint density at radius 3 is 2.41 bits per heavy atom. The van der Waals surface area contributed by atoms with Crippen molar-refractivity contribution in [2.24, 2.45) is 5.73 Å². The summed E-state index contributed by atoms with van der Waals surface area (Å²) in [7, 11) is 0. The van der Waals surface area contributed by atoms with E-state index in [0.29, 0.717) is 6.42 Å². The monoisotopic (exact) mass is 242 g/mol. The van der Waals surface area contributed by atoms with Crippen LogP contribution in [0, 0.1) is 0 Å². The van der Waals surface area contributed by atoms with Crippen molar-refractivity contribution in [2.75, 3.05) is 0 Å². The number of nitrogens with two attached hydrogens (primary N) is 1. The van der Waals surface area contributed by atoms with Crippen molar-refractivity contribution in [1.29, 1.82) is 0 Å². The third-order valence-electron chi connectivity index (χ3n) is 3.40. The number of rotatable bonds is 5. The molecule has 0 aromatic rings. The summed E-state index contributed by atoms with van der Waals surface area (Å²) in [5.74, 6) is -1.24. The zero-order valence-corrected chi connectivity index (χ0v) is 10.4. The standard InChI is InChI=1S/C12H22N2O3/c1-2-9(11(16)17)14-10(15)8-12(13)6-4-3-5-7-12/h9H,2-8,13H2,1H3,(H,14,15)(H,16,17)/t9-/m1/s1. The van der Waals surface area contributed by atoms with Crippen LogP contribution in [0.25, 0.3) is 0 Å². The molecule has 1 aliphatic carbocycles. The molecule has 5 nitrogen and oxygen atoms in total. The molecule has 0 saturated heterocycles. The number of nitrogens with one attached hydrogen (secondary N) is 1. The van der Waals surface area contributed by atoms with E-state index in [4.69, 9.17) is 10.8 Å². The zero-order chi connectivity index (χ0) is 12.9. The largest absolute Gasteiger partial charge is 0.480 e. The zero-order valence-electron chi connectivity index (χ0n) is 10.4. The lowest BCUT2D eigenvalue weighted by atomic mass is 9.80. The van der Waals surface area contributed by atoms with Crippen LogP contribution in [0.2, 0.25) is 0 Å². The van der Waals surface area contributed by atoms with Gasteiger partial charge in [0.1, 0.15) is 6.04 Å². The Balaban J connectivity index is 2.45. The second-order valence-electron chi connectivity index (χ2n) is 4.97. The Labute approximate surface area is 102 Å². The second-order valence-corrected chi connectivity index (χ2v) is 4.97. The van der Waals surface area contributed by atoms with E-state index in [1.54, 1.807) is 6.92 Å². The Morgan fingerprint density at radius 1 is 1.35 bits per heavy atom. The summed E-state index contributed by atoms with van der Waals surface area (Å²) in [4.78, 5) is 22.5. The summed E-state index contributed by atoms with van der Waals surface area (Å²) in [6.45, 7) is 1.73. The van der Waals surface area contributed by atoms with Crippen LogP contribution in [0.4, 0.5) is 0 Å². The third-order valence-corrected chi connectivity index (χ3v) is 3.40. The molecular formula is C12H22N2O3. The van der Waals surface area contributed by atoms with Gasteiger partial charge in [0.05, 0.1) is 0 Å². The molecule has 4 N–H and O–H groups in total. The van der Waals surface area contributed by atoms with Gasteiger partial charge in [-0.3, -0.25) is 4.79 Å². The van der Waals surface area contributed by atoms with Crippen molar-refractivity contribution in [3.8, 4) is 0 Å². The highest BCUT2D eigenvalue weighted by molar-refractivity contribution is 5.84. The normalized spacial score (nSPS) is 20.6. The first-order chi connectivity index (χ1) is 7.97. The van der Waals surface area contributed by atoms with Gasteiger partial charge in [0.25, 0.3) is 0 Å². The predicted molar refractivity (Wildman–Crippen MR) is 64.5 cm³/mol. The Kier molecular flexibility index (Phi) is 4.93. The Bertz CT molecular complexity index is 285. The average molecular weight is 242 g/mol. The van der Waals surface area contributed by atoms with Crippen LogP contribution in [0.1, 0.15) is 51.9 Å². The number of carboxylic acids is 1. The Hall–Kier alpha value is -1.10. The Morgan fingerprint density at radius 2 is 1.94 bits per heavy atom. The van der Waals surface area contributed by atoms with Crippen molar-refractivity contribution in [2.45, 2.75) is 63.5 Å². The number of carboxylic acid groups (broad SMARTS) is 1. The molecule has 0 bridgehead atoms. The van der Waals surface area contributed by atoms with E-state index >= 15 is 0 Å². The first kappa shape index (κ1) is 14.0. The third kappa shape index (κ3) is 4.34. The number of hydrogen-bond acceptors (Lipinski definition) is 3. The van der Waals surface area contributed by atoms with Crippen molar-refractivity contribution in [3.63, 3.8) is 0 Å². The van der Waals surface area contributed by atoms with Crippen LogP contribution in [-0.4, -0.2) is 28.6 Å². The van der Waals surface area contributed by atoms with E-state index < -0.39 is 17.6 Å². The maximum absolute atomic E-state index is 11.7. The fourth-order valence-electron chi connectivity index (χ4n) is 2.34. The minimum atomic E-state index is -0.990. The lowest BCUT2D eigenvalue weighted by molar-refractivity contribution is -0.142. The van der Waals surface area contributed by atoms with Crippen LogP contribution < -0.4 is 11.1 Å².